The zero-order valence-corrected chi connectivity index (χ0v) is 6.01. The van der Waals surface area contributed by atoms with Crippen LogP contribution in [0.1, 0.15) is 13.3 Å². The topological polar surface area (TPSA) is 40.1 Å². The molecule has 0 aromatic carbocycles. The van der Waals surface area contributed by atoms with Crippen molar-refractivity contribution in [3.8, 4) is 0 Å². The second kappa shape index (κ2) is 3.18. The van der Waals surface area contributed by atoms with E-state index >= 15 is 0 Å². The second-order valence-corrected chi connectivity index (χ2v) is 2.75. The van der Waals surface area contributed by atoms with Gasteiger partial charge in [0.1, 0.15) is 0 Å². The van der Waals surface area contributed by atoms with Crippen molar-refractivity contribution in [2.75, 3.05) is 19.6 Å². The van der Waals surface area contributed by atoms with Crippen LogP contribution in [-0.4, -0.2) is 19.6 Å². The minimum Gasteiger partial charge on any atom is -0.330 e. The van der Waals surface area contributed by atoms with E-state index in [4.69, 9.17) is 5.73 Å². The fourth-order valence-electron chi connectivity index (χ4n) is 1.43. The van der Waals surface area contributed by atoms with Crippen LogP contribution < -0.4 is 11.1 Å². The summed E-state index contributed by atoms with van der Waals surface area (Å²) in [7, 11) is 0. The molecule has 9 heavy (non-hydrogen) atoms. The van der Waals surface area contributed by atoms with E-state index in [9.17, 15) is 0 Å². The lowest BCUT2D eigenvalue weighted by Gasteiger charge is -2.12. The minimum absolute atomic E-state index is 0.690. The highest BCUT2D eigenvalue weighted by Gasteiger charge is 2.24. The predicted molar refractivity (Wildman–Crippen MR) is 38.2 cm³/mol. The molecule has 1 aliphatic heterocycles. The smallest absolute Gasteiger partial charge is 0.0177 e. The summed E-state index contributed by atoms with van der Waals surface area (Å²) < 4.78 is 0. The summed E-state index contributed by atoms with van der Waals surface area (Å²) in [6.07, 6.45) is 1.24. The van der Waals surface area contributed by atoms with Crippen molar-refractivity contribution in [1.29, 1.82) is 0 Å². The van der Waals surface area contributed by atoms with Crippen LogP contribution in [0.2, 0.25) is 0 Å². The summed E-state index contributed by atoms with van der Waals surface area (Å²) in [6, 6.07) is 0. The van der Waals surface area contributed by atoms with E-state index in [1.54, 1.807) is 0 Å². The van der Waals surface area contributed by atoms with E-state index in [1.807, 2.05) is 0 Å². The van der Waals surface area contributed by atoms with Gasteiger partial charge in [-0.15, -0.1) is 0 Å². The summed E-state index contributed by atoms with van der Waals surface area (Å²) in [5.41, 5.74) is 5.54. The average molecular weight is 127 g/mol. The van der Waals surface area contributed by atoms with Gasteiger partial charge in [0.15, 0.2) is 0 Å². The van der Waals surface area contributed by atoms with Crippen molar-refractivity contribution >= 4 is 0 Å². The van der Waals surface area contributed by atoms with Gasteiger partial charge in [-0.3, -0.25) is 0 Å². The Morgan fingerprint density at radius 1 is 1.44 bits per heavy atom. The standard InChI is InChI=1S/C7H15N2/c1-2-6-4-9-5-7(6)3-8/h6-7H,2-5,8H2,1H3. The van der Waals surface area contributed by atoms with Crippen LogP contribution >= 0.6 is 0 Å². The zero-order chi connectivity index (χ0) is 6.69. The number of nitrogens with two attached hydrogens (primary N) is 1. The molecule has 0 spiro atoms. The molecule has 1 saturated heterocycles. The first-order chi connectivity index (χ1) is 4.38. The van der Waals surface area contributed by atoms with Crippen LogP contribution in [0, 0.1) is 11.8 Å². The van der Waals surface area contributed by atoms with Gasteiger partial charge in [-0.25, -0.2) is 5.32 Å². The molecule has 2 unspecified atom stereocenters. The SMILES string of the molecule is CCC1C[N]CC1CN. The number of hydrogen-bond donors (Lipinski definition) is 1. The maximum Gasteiger partial charge on any atom is 0.0177 e. The van der Waals surface area contributed by atoms with Crippen LogP contribution in [0.3, 0.4) is 0 Å². The first-order valence-electron chi connectivity index (χ1n) is 3.71. The summed E-state index contributed by atoms with van der Waals surface area (Å²) in [4.78, 5) is 0. The van der Waals surface area contributed by atoms with E-state index in [0.717, 1.165) is 25.6 Å². The lowest BCUT2D eigenvalue weighted by Crippen LogP contribution is -2.21. The van der Waals surface area contributed by atoms with Crippen molar-refractivity contribution in [1.82, 2.24) is 5.32 Å². The first-order valence-corrected chi connectivity index (χ1v) is 3.71. The molecule has 1 rings (SSSR count). The summed E-state index contributed by atoms with van der Waals surface area (Å²) in [5, 5.41) is 4.31. The Kier molecular flexibility index (Phi) is 2.49. The number of hydrogen-bond acceptors (Lipinski definition) is 1. The Morgan fingerprint density at radius 2 is 2.11 bits per heavy atom. The van der Waals surface area contributed by atoms with Crippen molar-refractivity contribution in [3.63, 3.8) is 0 Å². The average Bonchev–Trinajstić information content (AvgIpc) is 2.33. The Balaban J connectivity index is 2.32. The summed E-state index contributed by atoms with van der Waals surface area (Å²) in [5.74, 6) is 1.48. The second-order valence-electron chi connectivity index (χ2n) is 2.75. The van der Waals surface area contributed by atoms with E-state index in [2.05, 4.69) is 12.2 Å². The maximum absolute atomic E-state index is 5.54. The molecular weight excluding hydrogens is 112 g/mol. The van der Waals surface area contributed by atoms with Gasteiger partial charge in [0, 0.05) is 13.1 Å². The molecule has 1 heterocycles. The Morgan fingerprint density at radius 3 is 2.56 bits per heavy atom. The van der Waals surface area contributed by atoms with Gasteiger partial charge in [0.25, 0.3) is 0 Å². The van der Waals surface area contributed by atoms with Gasteiger partial charge in [0.05, 0.1) is 0 Å². The molecular formula is C7H15N2. The molecule has 1 aliphatic rings. The third-order valence-electron chi connectivity index (χ3n) is 2.22. The van der Waals surface area contributed by atoms with Gasteiger partial charge >= 0.3 is 0 Å². The van der Waals surface area contributed by atoms with Gasteiger partial charge in [-0.2, -0.15) is 0 Å². The Hall–Kier alpha value is -0.0800. The summed E-state index contributed by atoms with van der Waals surface area (Å²) in [6.45, 7) is 5.10. The van der Waals surface area contributed by atoms with Crippen LogP contribution in [0.5, 0.6) is 0 Å². The Bertz CT molecular complexity index is 73.0. The van der Waals surface area contributed by atoms with Crippen molar-refractivity contribution in [3.05, 3.63) is 0 Å². The Labute approximate surface area is 56.8 Å². The molecule has 2 heteroatoms. The van der Waals surface area contributed by atoms with E-state index in [0.29, 0.717) is 5.92 Å². The fourth-order valence-corrected chi connectivity index (χ4v) is 1.43. The van der Waals surface area contributed by atoms with E-state index in [1.165, 1.54) is 6.42 Å². The molecule has 0 aliphatic carbocycles. The molecule has 0 aromatic heterocycles. The predicted octanol–water partition coefficient (Wildman–Crippen LogP) is 0.206. The fraction of sp³-hybridized carbons (Fsp3) is 1.00. The highest BCUT2D eigenvalue weighted by Crippen LogP contribution is 2.18. The largest absolute Gasteiger partial charge is 0.330 e. The molecule has 53 valence electrons. The highest BCUT2D eigenvalue weighted by atomic mass is 14.9. The molecule has 1 fully saturated rings. The molecule has 2 atom stereocenters. The normalized spacial score (nSPS) is 35.3. The van der Waals surface area contributed by atoms with Crippen LogP contribution in [0.15, 0.2) is 0 Å². The third kappa shape index (κ3) is 1.43. The molecule has 2 N–H and O–H groups in total. The van der Waals surface area contributed by atoms with Crippen LogP contribution in [-0.2, 0) is 0 Å². The first kappa shape index (κ1) is 7.03. The van der Waals surface area contributed by atoms with Crippen molar-refractivity contribution < 1.29 is 0 Å². The zero-order valence-electron chi connectivity index (χ0n) is 6.01. The van der Waals surface area contributed by atoms with Crippen LogP contribution in [0.25, 0.3) is 0 Å². The van der Waals surface area contributed by atoms with E-state index < -0.39 is 0 Å². The van der Waals surface area contributed by atoms with Gasteiger partial charge in [-0.1, -0.05) is 13.3 Å². The van der Waals surface area contributed by atoms with E-state index in [-0.39, 0.29) is 0 Å². The molecule has 1 radical (unpaired) electrons. The quantitative estimate of drug-likeness (QED) is 0.565. The lowest BCUT2D eigenvalue weighted by atomic mass is 9.94. The molecule has 0 bridgehead atoms. The highest BCUT2D eigenvalue weighted by molar-refractivity contribution is 4.79. The monoisotopic (exact) mass is 127 g/mol. The number of rotatable bonds is 2. The lowest BCUT2D eigenvalue weighted by molar-refractivity contribution is 0.416. The van der Waals surface area contributed by atoms with Gasteiger partial charge < -0.3 is 5.73 Å². The van der Waals surface area contributed by atoms with Gasteiger partial charge in [0.2, 0.25) is 0 Å². The van der Waals surface area contributed by atoms with Crippen molar-refractivity contribution in [2.24, 2.45) is 17.6 Å². The minimum atomic E-state index is 0.690. The molecule has 0 saturated carbocycles. The number of nitrogens with zero attached hydrogens (tertiary/aromatic N) is 1. The molecule has 2 nitrogen and oxygen atoms in total. The summed E-state index contributed by atoms with van der Waals surface area (Å²) >= 11 is 0. The van der Waals surface area contributed by atoms with Crippen molar-refractivity contribution in [2.45, 2.75) is 13.3 Å². The van der Waals surface area contributed by atoms with Crippen LogP contribution in [0.4, 0.5) is 0 Å². The molecule has 0 amide bonds. The van der Waals surface area contributed by atoms with Gasteiger partial charge in [-0.05, 0) is 18.4 Å². The molecule has 0 aromatic rings. The maximum atomic E-state index is 5.54. The third-order valence-corrected chi connectivity index (χ3v) is 2.22.